The Balaban J connectivity index is 1.90. The van der Waals surface area contributed by atoms with Crippen LogP contribution in [0.3, 0.4) is 0 Å². The molecule has 2 atom stereocenters. The molecule has 0 aliphatic carbocycles. The summed E-state index contributed by atoms with van der Waals surface area (Å²) in [5.74, 6) is -2.32. The van der Waals surface area contributed by atoms with Crippen LogP contribution in [0, 0.1) is 17.6 Å². The first kappa shape index (κ1) is 14.4. The minimum atomic E-state index is -1.12. The molecule has 4 N–H and O–H groups in total. The first-order valence-electron chi connectivity index (χ1n) is 6.63. The van der Waals surface area contributed by atoms with Crippen molar-refractivity contribution in [3.05, 3.63) is 34.5 Å². The monoisotopic (exact) mass is 313 g/mol. The van der Waals surface area contributed by atoms with Gasteiger partial charge >= 0.3 is 0 Å². The lowest BCUT2D eigenvalue weighted by molar-refractivity contribution is 0.0957. The van der Waals surface area contributed by atoms with E-state index >= 15 is 0 Å². The molecule has 7 heteroatoms. The van der Waals surface area contributed by atoms with Gasteiger partial charge < -0.3 is 16.0 Å². The van der Waals surface area contributed by atoms with Gasteiger partial charge in [0.15, 0.2) is 17.4 Å². The molecule has 0 saturated carbocycles. The Morgan fingerprint density at radius 1 is 1.33 bits per heavy atom. The summed E-state index contributed by atoms with van der Waals surface area (Å²) in [4.78, 5) is 14.9. The third-order valence-electron chi connectivity index (χ3n) is 3.89. The average molecular weight is 314 g/mol. The predicted molar refractivity (Wildman–Crippen MR) is 76.5 cm³/mol. The van der Waals surface area contributed by atoms with Crippen molar-refractivity contribution in [1.82, 2.24) is 10.3 Å². The van der Waals surface area contributed by atoms with Crippen LogP contribution in [0.25, 0.3) is 10.9 Å². The Morgan fingerprint density at radius 2 is 2.10 bits per heavy atom. The number of Topliss-reactive ketones (excluding diaryl/α,β-unsaturated/α-hetero) is 1. The van der Waals surface area contributed by atoms with Gasteiger partial charge in [-0.25, -0.2) is 8.78 Å². The first-order chi connectivity index (χ1) is 9.97. The number of rotatable bonds is 3. The Labute approximate surface area is 124 Å². The fourth-order valence-electron chi connectivity index (χ4n) is 2.66. The summed E-state index contributed by atoms with van der Waals surface area (Å²) in [5.41, 5.74) is 6.09. The zero-order valence-electron chi connectivity index (χ0n) is 11.1. The van der Waals surface area contributed by atoms with Crippen LogP contribution >= 0.6 is 11.6 Å². The second-order valence-corrected chi connectivity index (χ2v) is 5.75. The second kappa shape index (κ2) is 5.36. The number of aromatic amines is 1. The molecule has 1 fully saturated rings. The van der Waals surface area contributed by atoms with Crippen LogP contribution < -0.4 is 11.1 Å². The fraction of sp³-hybridized carbons (Fsp3) is 0.357. The van der Waals surface area contributed by atoms with E-state index in [-0.39, 0.29) is 40.4 Å². The summed E-state index contributed by atoms with van der Waals surface area (Å²) in [7, 11) is 0. The molecule has 4 nitrogen and oxygen atoms in total. The highest BCUT2D eigenvalue weighted by molar-refractivity contribution is 6.31. The molecule has 0 radical (unpaired) electrons. The number of benzene rings is 1. The molecule has 1 aliphatic heterocycles. The van der Waals surface area contributed by atoms with Gasteiger partial charge in [0.05, 0.1) is 16.2 Å². The number of hydrogen-bond acceptors (Lipinski definition) is 3. The van der Waals surface area contributed by atoms with Crippen LogP contribution in [-0.2, 0) is 0 Å². The number of halogens is 3. The minimum absolute atomic E-state index is 0.0471. The molecule has 2 aromatic rings. The standard InChI is InChI=1S/C14H14ClF2N3O/c15-8-1-6-2-10(20-14(6)13(17)12(8)16)11(21)3-7-4-19-5-9(7)18/h1-2,7,9,19-20H,3-5,18H2/t7-,9+/m0/s1. The van der Waals surface area contributed by atoms with Gasteiger partial charge in [0.1, 0.15) is 0 Å². The third-order valence-corrected chi connectivity index (χ3v) is 4.17. The van der Waals surface area contributed by atoms with Crippen molar-refractivity contribution in [2.75, 3.05) is 13.1 Å². The van der Waals surface area contributed by atoms with Gasteiger partial charge in [-0.05, 0) is 24.6 Å². The van der Waals surface area contributed by atoms with E-state index in [4.69, 9.17) is 17.3 Å². The maximum absolute atomic E-state index is 13.8. The van der Waals surface area contributed by atoms with Gasteiger partial charge in [-0.3, -0.25) is 4.79 Å². The van der Waals surface area contributed by atoms with Crippen LogP contribution in [0.4, 0.5) is 8.78 Å². The van der Waals surface area contributed by atoms with Crippen molar-refractivity contribution in [2.24, 2.45) is 11.7 Å². The van der Waals surface area contributed by atoms with Crippen molar-refractivity contribution in [3.63, 3.8) is 0 Å². The SMILES string of the molecule is N[C@@H]1CNC[C@@H]1CC(=O)c1cc2cc(Cl)c(F)c(F)c2[nH]1. The van der Waals surface area contributed by atoms with Crippen molar-refractivity contribution in [2.45, 2.75) is 12.5 Å². The second-order valence-electron chi connectivity index (χ2n) is 5.34. The summed E-state index contributed by atoms with van der Waals surface area (Å²) < 4.78 is 27.2. The highest BCUT2D eigenvalue weighted by Gasteiger charge is 2.27. The van der Waals surface area contributed by atoms with Crippen molar-refractivity contribution in [1.29, 1.82) is 0 Å². The van der Waals surface area contributed by atoms with Gasteiger partial charge in [-0.1, -0.05) is 11.6 Å². The molecule has 1 aliphatic rings. The van der Waals surface area contributed by atoms with Crippen molar-refractivity contribution < 1.29 is 13.6 Å². The van der Waals surface area contributed by atoms with E-state index in [0.29, 0.717) is 18.5 Å². The number of carbonyl (C=O) groups excluding carboxylic acids is 1. The smallest absolute Gasteiger partial charge is 0.184 e. The Morgan fingerprint density at radius 3 is 2.76 bits per heavy atom. The van der Waals surface area contributed by atoms with Crippen LogP contribution in [-0.4, -0.2) is 29.9 Å². The summed E-state index contributed by atoms with van der Waals surface area (Å²) in [6.07, 6.45) is 0.263. The molecular weight excluding hydrogens is 300 g/mol. The van der Waals surface area contributed by atoms with Crippen LogP contribution in [0.15, 0.2) is 12.1 Å². The molecule has 1 aromatic heterocycles. The average Bonchev–Trinajstić information content (AvgIpc) is 3.03. The lowest BCUT2D eigenvalue weighted by atomic mass is 9.97. The van der Waals surface area contributed by atoms with E-state index in [1.165, 1.54) is 12.1 Å². The maximum atomic E-state index is 13.8. The van der Waals surface area contributed by atoms with Gasteiger partial charge in [-0.2, -0.15) is 0 Å². The Hall–Kier alpha value is -1.50. The number of fused-ring (bicyclic) bond motifs is 1. The van der Waals surface area contributed by atoms with Gasteiger partial charge in [0, 0.05) is 24.4 Å². The largest absolute Gasteiger partial charge is 0.350 e. The quantitative estimate of drug-likeness (QED) is 0.601. The molecule has 1 aromatic carbocycles. The number of hydrogen-bond donors (Lipinski definition) is 3. The molecule has 1 saturated heterocycles. The number of aromatic nitrogens is 1. The summed E-state index contributed by atoms with van der Waals surface area (Å²) in [5, 5.41) is 3.18. The number of ketones is 1. The molecule has 0 spiro atoms. The normalized spacial score (nSPS) is 22.1. The predicted octanol–water partition coefficient (Wildman–Crippen LogP) is 2.22. The Bertz CT molecular complexity index is 716. The van der Waals surface area contributed by atoms with E-state index < -0.39 is 11.6 Å². The maximum Gasteiger partial charge on any atom is 0.184 e. The number of nitrogens with one attached hydrogen (secondary N) is 2. The fourth-order valence-corrected chi connectivity index (χ4v) is 2.86. The zero-order chi connectivity index (χ0) is 15.1. The highest BCUT2D eigenvalue weighted by atomic mass is 35.5. The Kier molecular flexibility index (Phi) is 3.69. The molecule has 0 amide bonds. The number of H-pyrrole nitrogens is 1. The molecule has 3 rings (SSSR count). The molecule has 112 valence electrons. The van der Waals surface area contributed by atoms with Crippen molar-refractivity contribution >= 4 is 28.3 Å². The van der Waals surface area contributed by atoms with Crippen molar-refractivity contribution in [3.8, 4) is 0 Å². The van der Waals surface area contributed by atoms with Gasteiger partial charge in [0.25, 0.3) is 0 Å². The van der Waals surface area contributed by atoms with E-state index in [9.17, 15) is 13.6 Å². The highest BCUT2D eigenvalue weighted by Crippen LogP contribution is 2.28. The lowest BCUT2D eigenvalue weighted by Gasteiger charge is -2.11. The number of carbonyl (C=O) groups is 1. The lowest BCUT2D eigenvalue weighted by Crippen LogP contribution is -2.30. The summed E-state index contributed by atoms with van der Waals surface area (Å²) in [6.45, 7) is 1.36. The molecule has 21 heavy (non-hydrogen) atoms. The molecule has 2 heterocycles. The minimum Gasteiger partial charge on any atom is -0.350 e. The van der Waals surface area contributed by atoms with Crippen LogP contribution in [0.5, 0.6) is 0 Å². The first-order valence-corrected chi connectivity index (χ1v) is 7.01. The third kappa shape index (κ3) is 2.54. The van der Waals surface area contributed by atoms with E-state index in [0.717, 1.165) is 0 Å². The number of nitrogens with two attached hydrogens (primary N) is 1. The van der Waals surface area contributed by atoms with Gasteiger partial charge in [-0.15, -0.1) is 0 Å². The van der Waals surface area contributed by atoms with E-state index in [1.54, 1.807) is 0 Å². The topological polar surface area (TPSA) is 70.9 Å². The van der Waals surface area contributed by atoms with Crippen LogP contribution in [0.2, 0.25) is 5.02 Å². The van der Waals surface area contributed by atoms with E-state index in [2.05, 4.69) is 10.3 Å². The molecule has 0 unspecified atom stereocenters. The summed E-state index contributed by atoms with van der Waals surface area (Å²) >= 11 is 5.60. The molecule has 0 bridgehead atoms. The summed E-state index contributed by atoms with van der Waals surface area (Å²) in [6, 6.07) is 2.72. The molecular formula is C14H14ClF2N3O. The van der Waals surface area contributed by atoms with E-state index in [1.807, 2.05) is 0 Å². The zero-order valence-corrected chi connectivity index (χ0v) is 11.8. The van der Waals surface area contributed by atoms with Gasteiger partial charge in [0.2, 0.25) is 0 Å². The van der Waals surface area contributed by atoms with Crippen LogP contribution in [0.1, 0.15) is 16.9 Å².